The summed E-state index contributed by atoms with van der Waals surface area (Å²) in [7, 11) is 0. The highest BCUT2D eigenvalue weighted by Crippen LogP contribution is 2.39. The molecule has 0 saturated carbocycles. The van der Waals surface area contributed by atoms with Crippen LogP contribution in [0.25, 0.3) is 0 Å². The molecule has 2 fully saturated rings. The maximum absolute atomic E-state index is 12.9. The van der Waals surface area contributed by atoms with Crippen molar-refractivity contribution in [2.24, 2.45) is 0 Å². The van der Waals surface area contributed by atoms with Gasteiger partial charge in [0.2, 0.25) is 5.91 Å². The summed E-state index contributed by atoms with van der Waals surface area (Å²) in [5.74, 6) is 2.73. The normalized spacial score (nSPS) is 22.8. The fourth-order valence-electron chi connectivity index (χ4n) is 4.19. The lowest BCUT2D eigenvalue weighted by Gasteiger charge is -2.40. The second-order valence-electron chi connectivity index (χ2n) is 7.42. The van der Waals surface area contributed by atoms with Crippen LogP contribution in [-0.2, 0) is 14.9 Å². The van der Waals surface area contributed by atoms with E-state index in [4.69, 9.17) is 34.4 Å². The van der Waals surface area contributed by atoms with Crippen LogP contribution in [-0.4, -0.2) is 49.7 Å². The molecule has 1 N–H and O–H groups in total. The van der Waals surface area contributed by atoms with E-state index in [9.17, 15) is 4.79 Å². The summed E-state index contributed by atoms with van der Waals surface area (Å²) in [6.07, 6.45) is 10.1. The number of ether oxygens (including phenoxy) is 1. The van der Waals surface area contributed by atoms with Gasteiger partial charge >= 0.3 is 0 Å². The molecule has 146 valence electrons. The molecule has 2 aliphatic rings. The van der Waals surface area contributed by atoms with Gasteiger partial charge < -0.3 is 10.1 Å². The fourth-order valence-corrected chi connectivity index (χ4v) is 4.80. The fraction of sp³-hybridized carbons (Fsp3) is 0.571. The van der Waals surface area contributed by atoms with Gasteiger partial charge in [-0.05, 0) is 49.9 Å². The van der Waals surface area contributed by atoms with Crippen LogP contribution >= 0.6 is 23.2 Å². The number of rotatable bonds is 5. The van der Waals surface area contributed by atoms with Gasteiger partial charge in [0.25, 0.3) is 0 Å². The summed E-state index contributed by atoms with van der Waals surface area (Å²) in [5, 5.41) is 4.45. The quantitative estimate of drug-likeness (QED) is 0.755. The van der Waals surface area contributed by atoms with Gasteiger partial charge in [-0.1, -0.05) is 41.6 Å². The second kappa shape index (κ2) is 9.30. The van der Waals surface area contributed by atoms with Crippen LogP contribution < -0.4 is 5.32 Å². The van der Waals surface area contributed by atoms with Gasteiger partial charge in [0, 0.05) is 35.2 Å². The van der Waals surface area contributed by atoms with E-state index in [0.717, 1.165) is 44.2 Å². The molecule has 27 heavy (non-hydrogen) atoms. The zero-order chi connectivity index (χ0) is 19.3. The van der Waals surface area contributed by atoms with Crippen molar-refractivity contribution in [3.8, 4) is 12.3 Å². The van der Waals surface area contributed by atoms with Gasteiger partial charge in [-0.2, -0.15) is 0 Å². The first kappa shape index (κ1) is 20.5. The van der Waals surface area contributed by atoms with E-state index in [1.54, 1.807) is 6.07 Å². The van der Waals surface area contributed by atoms with Crippen molar-refractivity contribution in [1.29, 1.82) is 0 Å². The molecule has 1 aromatic rings. The maximum atomic E-state index is 12.9. The van der Waals surface area contributed by atoms with Crippen LogP contribution in [0.15, 0.2) is 18.2 Å². The Bertz CT molecular complexity index is 711. The van der Waals surface area contributed by atoms with Crippen molar-refractivity contribution in [3.05, 3.63) is 33.8 Å². The number of hydrogen-bond acceptors (Lipinski definition) is 3. The Balaban J connectivity index is 1.75. The van der Waals surface area contributed by atoms with E-state index >= 15 is 0 Å². The van der Waals surface area contributed by atoms with Crippen molar-refractivity contribution in [2.45, 2.75) is 43.6 Å². The Hall–Kier alpha value is -1.25. The van der Waals surface area contributed by atoms with Gasteiger partial charge in [-0.25, -0.2) is 0 Å². The average molecular weight is 409 g/mol. The summed E-state index contributed by atoms with van der Waals surface area (Å²) in [6, 6.07) is 5.46. The molecule has 1 atom stereocenters. The van der Waals surface area contributed by atoms with Gasteiger partial charge in [0.15, 0.2) is 0 Å². The summed E-state index contributed by atoms with van der Waals surface area (Å²) < 4.78 is 5.57. The first-order valence-electron chi connectivity index (χ1n) is 9.54. The molecule has 0 radical (unpaired) electrons. The van der Waals surface area contributed by atoms with Crippen LogP contribution in [0.5, 0.6) is 0 Å². The van der Waals surface area contributed by atoms with E-state index in [-0.39, 0.29) is 17.4 Å². The number of likely N-dealkylation sites (tertiary alicyclic amines) is 1. The molecule has 4 nitrogen and oxygen atoms in total. The molecule has 1 unspecified atom stereocenters. The highest BCUT2D eigenvalue weighted by molar-refractivity contribution is 6.35. The van der Waals surface area contributed by atoms with Crippen molar-refractivity contribution in [1.82, 2.24) is 10.2 Å². The summed E-state index contributed by atoms with van der Waals surface area (Å²) in [4.78, 5) is 15.0. The number of nitrogens with one attached hydrogen (secondary N) is 1. The zero-order valence-electron chi connectivity index (χ0n) is 15.5. The Morgan fingerprint density at radius 2 is 2.11 bits per heavy atom. The molecule has 0 bridgehead atoms. The minimum absolute atomic E-state index is 0.0564. The lowest BCUT2D eigenvalue weighted by Crippen LogP contribution is -2.53. The SMILES string of the molecule is C#CCN1CCCCC1C(=O)NCC1(c2ccc(Cl)cc2Cl)CCOCC1. The van der Waals surface area contributed by atoms with Gasteiger partial charge in [0.05, 0.1) is 12.6 Å². The lowest BCUT2D eigenvalue weighted by molar-refractivity contribution is -0.127. The van der Waals surface area contributed by atoms with E-state index in [0.29, 0.717) is 36.3 Å². The number of piperidine rings is 1. The third-order valence-electron chi connectivity index (χ3n) is 5.76. The van der Waals surface area contributed by atoms with Crippen LogP contribution in [0.1, 0.15) is 37.7 Å². The number of carbonyl (C=O) groups is 1. The summed E-state index contributed by atoms with van der Waals surface area (Å²) in [5.41, 5.74) is 0.794. The number of carbonyl (C=O) groups excluding carboxylic acids is 1. The minimum Gasteiger partial charge on any atom is -0.381 e. The molecule has 0 aliphatic carbocycles. The molecule has 0 spiro atoms. The largest absolute Gasteiger partial charge is 0.381 e. The summed E-state index contributed by atoms with van der Waals surface area (Å²) in [6.45, 7) is 3.24. The number of hydrogen-bond donors (Lipinski definition) is 1. The monoisotopic (exact) mass is 408 g/mol. The van der Waals surface area contributed by atoms with E-state index in [2.05, 4.69) is 16.1 Å². The first-order chi connectivity index (χ1) is 13.1. The number of halogens is 2. The zero-order valence-corrected chi connectivity index (χ0v) is 17.0. The lowest BCUT2D eigenvalue weighted by atomic mass is 9.74. The Kier molecular flexibility index (Phi) is 7.05. The highest BCUT2D eigenvalue weighted by atomic mass is 35.5. The minimum atomic E-state index is -0.235. The van der Waals surface area contributed by atoms with Gasteiger partial charge in [-0.15, -0.1) is 6.42 Å². The van der Waals surface area contributed by atoms with Gasteiger partial charge in [-0.3, -0.25) is 9.69 Å². The Morgan fingerprint density at radius 3 is 2.81 bits per heavy atom. The van der Waals surface area contributed by atoms with Crippen molar-refractivity contribution < 1.29 is 9.53 Å². The highest BCUT2D eigenvalue weighted by Gasteiger charge is 2.37. The molecule has 6 heteroatoms. The smallest absolute Gasteiger partial charge is 0.237 e. The number of benzene rings is 1. The van der Waals surface area contributed by atoms with E-state index in [1.807, 2.05) is 12.1 Å². The topological polar surface area (TPSA) is 41.6 Å². The molecule has 2 heterocycles. The van der Waals surface area contributed by atoms with Crippen LogP contribution in [0, 0.1) is 12.3 Å². The van der Waals surface area contributed by atoms with Crippen molar-refractivity contribution in [3.63, 3.8) is 0 Å². The van der Waals surface area contributed by atoms with E-state index < -0.39 is 0 Å². The van der Waals surface area contributed by atoms with Gasteiger partial charge in [0.1, 0.15) is 0 Å². The standard InChI is InChI=1S/C21H26Cl2N2O2/c1-2-10-25-11-4-3-5-19(25)20(26)24-15-21(8-12-27-13-9-21)17-7-6-16(22)14-18(17)23/h1,6-7,14,19H,3-5,8-13,15H2,(H,24,26). The number of amides is 1. The molecule has 1 aromatic carbocycles. The molecule has 0 aromatic heterocycles. The summed E-state index contributed by atoms with van der Waals surface area (Å²) >= 11 is 12.6. The predicted molar refractivity (Wildman–Crippen MR) is 109 cm³/mol. The average Bonchev–Trinajstić information content (AvgIpc) is 2.67. The van der Waals surface area contributed by atoms with Crippen LogP contribution in [0.2, 0.25) is 10.0 Å². The second-order valence-corrected chi connectivity index (χ2v) is 8.26. The Morgan fingerprint density at radius 1 is 1.33 bits per heavy atom. The molecule has 2 saturated heterocycles. The number of terminal acetylenes is 1. The molecule has 2 aliphatic heterocycles. The van der Waals surface area contributed by atoms with Crippen molar-refractivity contribution >= 4 is 29.1 Å². The molecule has 1 amide bonds. The van der Waals surface area contributed by atoms with Crippen molar-refractivity contribution in [2.75, 3.05) is 32.8 Å². The Labute approximate surface area is 171 Å². The van der Waals surface area contributed by atoms with Crippen LogP contribution in [0.4, 0.5) is 0 Å². The first-order valence-corrected chi connectivity index (χ1v) is 10.3. The third kappa shape index (κ3) is 4.78. The molecular formula is C21H26Cl2N2O2. The third-order valence-corrected chi connectivity index (χ3v) is 6.31. The maximum Gasteiger partial charge on any atom is 0.237 e. The van der Waals surface area contributed by atoms with E-state index in [1.165, 1.54) is 0 Å². The molecule has 3 rings (SSSR count). The molecular weight excluding hydrogens is 383 g/mol. The number of nitrogens with zero attached hydrogens (tertiary/aromatic N) is 1. The van der Waals surface area contributed by atoms with Crippen LogP contribution in [0.3, 0.4) is 0 Å². The predicted octanol–water partition coefficient (Wildman–Crippen LogP) is 3.65.